The van der Waals surface area contributed by atoms with Crippen molar-refractivity contribution in [3.8, 4) is 5.75 Å². The lowest BCUT2D eigenvalue weighted by atomic mass is 10.2. The Morgan fingerprint density at radius 3 is 2.52 bits per heavy atom. The Morgan fingerprint density at radius 1 is 1.21 bits per heavy atom. The summed E-state index contributed by atoms with van der Waals surface area (Å²) in [5.41, 5.74) is 5.58. The number of carbonyl (C=O) groups is 3. The van der Waals surface area contributed by atoms with Gasteiger partial charge in [0.1, 0.15) is 5.75 Å². The second-order valence-electron chi connectivity index (χ2n) is 6.21. The Kier molecular flexibility index (Phi) is 6.13. The lowest BCUT2D eigenvalue weighted by Gasteiger charge is -2.15. The van der Waals surface area contributed by atoms with E-state index in [-0.39, 0.29) is 27.8 Å². The highest BCUT2D eigenvalue weighted by molar-refractivity contribution is 8.00. The third kappa shape index (κ3) is 4.91. The molecule has 2 N–H and O–H groups in total. The molecule has 0 aliphatic carbocycles. The number of hydrogen-bond donors (Lipinski definition) is 1. The lowest BCUT2D eigenvalue weighted by Crippen LogP contribution is -2.23. The van der Waals surface area contributed by atoms with Crippen LogP contribution >= 0.6 is 11.8 Å². The summed E-state index contributed by atoms with van der Waals surface area (Å²) >= 11 is 0.926. The molecule has 29 heavy (non-hydrogen) atoms. The highest BCUT2D eigenvalue weighted by atomic mass is 32.2. The second-order valence-corrected chi connectivity index (χ2v) is 7.23. The van der Waals surface area contributed by atoms with E-state index in [2.05, 4.69) is 0 Å². The van der Waals surface area contributed by atoms with Crippen molar-refractivity contribution < 1.29 is 24.0 Å². The number of nitrogens with two attached hydrogens (primary N) is 1. The van der Waals surface area contributed by atoms with Crippen molar-refractivity contribution in [1.29, 1.82) is 0 Å². The van der Waals surface area contributed by atoms with Gasteiger partial charge in [-0.25, -0.2) is 0 Å². The zero-order valence-corrected chi connectivity index (χ0v) is 16.0. The molecule has 150 valence electrons. The summed E-state index contributed by atoms with van der Waals surface area (Å²) in [5.74, 6) is -1.15. The van der Waals surface area contributed by atoms with Crippen LogP contribution in [0, 0.1) is 10.1 Å². The molecule has 0 spiro atoms. The van der Waals surface area contributed by atoms with Crippen molar-refractivity contribution in [2.45, 2.75) is 17.7 Å². The van der Waals surface area contributed by atoms with Crippen LogP contribution < -0.4 is 15.4 Å². The predicted molar refractivity (Wildman–Crippen MR) is 106 cm³/mol. The number of benzene rings is 2. The van der Waals surface area contributed by atoms with E-state index in [1.807, 2.05) is 0 Å². The van der Waals surface area contributed by atoms with E-state index in [0.29, 0.717) is 18.7 Å². The zero-order chi connectivity index (χ0) is 21.0. The molecule has 1 saturated heterocycles. The summed E-state index contributed by atoms with van der Waals surface area (Å²) in [5, 5.41) is 11.2. The van der Waals surface area contributed by atoms with Gasteiger partial charge >= 0.3 is 5.97 Å². The highest BCUT2D eigenvalue weighted by Crippen LogP contribution is 2.30. The van der Waals surface area contributed by atoms with Crippen LogP contribution in [0.4, 0.5) is 11.4 Å². The van der Waals surface area contributed by atoms with Crippen molar-refractivity contribution in [1.82, 2.24) is 0 Å². The van der Waals surface area contributed by atoms with E-state index in [1.54, 1.807) is 29.2 Å². The minimum atomic E-state index is -0.775. The molecule has 0 bridgehead atoms. The molecule has 1 heterocycles. The molecule has 2 amide bonds. The molecule has 9 nitrogen and oxygen atoms in total. The number of ether oxygens (including phenoxy) is 1. The summed E-state index contributed by atoms with van der Waals surface area (Å²) < 4.78 is 5.24. The highest BCUT2D eigenvalue weighted by Gasteiger charge is 2.22. The van der Waals surface area contributed by atoms with Crippen molar-refractivity contribution in [3.63, 3.8) is 0 Å². The number of thioether (sulfide) groups is 1. The van der Waals surface area contributed by atoms with Crippen LogP contribution in [-0.2, 0) is 9.59 Å². The fourth-order valence-electron chi connectivity index (χ4n) is 2.85. The van der Waals surface area contributed by atoms with Gasteiger partial charge in [0.2, 0.25) is 11.8 Å². The van der Waals surface area contributed by atoms with Crippen LogP contribution in [0.1, 0.15) is 23.2 Å². The van der Waals surface area contributed by atoms with Crippen LogP contribution in [0.5, 0.6) is 5.75 Å². The molecule has 2 aromatic carbocycles. The molecule has 0 atom stereocenters. The molecule has 2 aromatic rings. The summed E-state index contributed by atoms with van der Waals surface area (Å²) in [4.78, 5) is 47.5. The monoisotopic (exact) mass is 415 g/mol. The van der Waals surface area contributed by atoms with E-state index >= 15 is 0 Å². The van der Waals surface area contributed by atoms with Crippen LogP contribution in [0.15, 0.2) is 47.4 Å². The maximum absolute atomic E-state index is 12.1. The van der Waals surface area contributed by atoms with Gasteiger partial charge < -0.3 is 15.4 Å². The van der Waals surface area contributed by atoms with E-state index < -0.39 is 16.8 Å². The summed E-state index contributed by atoms with van der Waals surface area (Å²) in [6, 6.07) is 10.4. The van der Waals surface area contributed by atoms with Gasteiger partial charge in [-0.05, 0) is 42.8 Å². The SMILES string of the molecule is NC(=O)c1ccc(SCC(=O)Oc2ccc(N3CCCC3=O)cc2)c([N+](=O)[O-])c1. The quantitative estimate of drug-likeness (QED) is 0.241. The summed E-state index contributed by atoms with van der Waals surface area (Å²) in [6.45, 7) is 0.669. The molecule has 3 rings (SSSR count). The summed E-state index contributed by atoms with van der Waals surface area (Å²) in [6.07, 6.45) is 1.35. The van der Waals surface area contributed by atoms with Gasteiger partial charge in [-0.2, -0.15) is 0 Å². The van der Waals surface area contributed by atoms with Crippen molar-refractivity contribution in [3.05, 3.63) is 58.1 Å². The van der Waals surface area contributed by atoms with Gasteiger partial charge in [0.15, 0.2) is 0 Å². The fraction of sp³-hybridized carbons (Fsp3) is 0.211. The minimum Gasteiger partial charge on any atom is -0.426 e. The maximum atomic E-state index is 12.1. The lowest BCUT2D eigenvalue weighted by molar-refractivity contribution is -0.387. The number of hydrogen-bond acceptors (Lipinski definition) is 7. The maximum Gasteiger partial charge on any atom is 0.321 e. The van der Waals surface area contributed by atoms with Gasteiger partial charge in [-0.15, -0.1) is 11.8 Å². The number of anilines is 1. The molecule has 0 unspecified atom stereocenters. The van der Waals surface area contributed by atoms with E-state index in [4.69, 9.17) is 10.5 Å². The molecule has 0 radical (unpaired) electrons. The molecule has 1 fully saturated rings. The predicted octanol–water partition coefficient (Wildman–Crippen LogP) is 2.52. The van der Waals surface area contributed by atoms with E-state index in [1.165, 1.54) is 12.1 Å². The molecular weight excluding hydrogens is 398 g/mol. The number of rotatable bonds is 7. The number of nitro groups is 1. The Hall–Kier alpha value is -3.40. The first-order chi connectivity index (χ1) is 13.8. The minimum absolute atomic E-state index is 0.0141. The van der Waals surface area contributed by atoms with Crippen molar-refractivity contribution in [2.75, 3.05) is 17.2 Å². The van der Waals surface area contributed by atoms with Crippen LogP contribution in [0.25, 0.3) is 0 Å². The van der Waals surface area contributed by atoms with Gasteiger partial charge in [-0.1, -0.05) is 0 Å². The zero-order valence-electron chi connectivity index (χ0n) is 15.2. The molecule has 10 heteroatoms. The van der Waals surface area contributed by atoms with Gasteiger partial charge in [0, 0.05) is 30.3 Å². The largest absolute Gasteiger partial charge is 0.426 e. The number of carbonyl (C=O) groups excluding carboxylic acids is 3. The molecule has 1 aliphatic rings. The normalized spacial score (nSPS) is 13.4. The first-order valence-electron chi connectivity index (χ1n) is 8.67. The van der Waals surface area contributed by atoms with Gasteiger partial charge in [0.05, 0.1) is 15.6 Å². The van der Waals surface area contributed by atoms with E-state index in [0.717, 1.165) is 29.9 Å². The number of primary amides is 1. The number of nitrogens with zero attached hydrogens (tertiary/aromatic N) is 2. The number of nitro benzene ring substituents is 1. The first kappa shape index (κ1) is 20.3. The van der Waals surface area contributed by atoms with E-state index in [9.17, 15) is 24.5 Å². The average molecular weight is 415 g/mol. The molecule has 1 aliphatic heterocycles. The standard InChI is InChI=1S/C19H17N3O6S/c20-19(25)12-3-8-16(15(10-12)22(26)27)29-11-18(24)28-14-6-4-13(5-7-14)21-9-1-2-17(21)23/h3-8,10H,1-2,9,11H2,(H2,20,25). The van der Waals surface area contributed by atoms with Crippen LogP contribution in [0.2, 0.25) is 0 Å². The van der Waals surface area contributed by atoms with Crippen LogP contribution in [-0.4, -0.2) is 35.0 Å². The molecule has 0 aromatic heterocycles. The third-order valence-corrected chi connectivity index (χ3v) is 5.28. The number of esters is 1. The Labute approximate surface area is 170 Å². The van der Waals surface area contributed by atoms with Crippen molar-refractivity contribution in [2.24, 2.45) is 5.73 Å². The van der Waals surface area contributed by atoms with Gasteiger partial charge in [-0.3, -0.25) is 24.5 Å². The Morgan fingerprint density at radius 2 is 1.93 bits per heavy atom. The Bertz CT molecular complexity index is 976. The first-order valence-corrected chi connectivity index (χ1v) is 9.66. The van der Waals surface area contributed by atoms with Crippen LogP contribution in [0.3, 0.4) is 0 Å². The third-order valence-electron chi connectivity index (χ3n) is 4.24. The van der Waals surface area contributed by atoms with Crippen molar-refractivity contribution >= 4 is 40.9 Å². The smallest absolute Gasteiger partial charge is 0.321 e. The topological polar surface area (TPSA) is 133 Å². The number of amides is 2. The fourth-order valence-corrected chi connectivity index (χ4v) is 3.63. The second kappa shape index (κ2) is 8.74. The molecular formula is C19H17N3O6S. The average Bonchev–Trinajstić information content (AvgIpc) is 3.12. The Balaban J connectivity index is 1.61. The summed E-state index contributed by atoms with van der Waals surface area (Å²) in [7, 11) is 0. The van der Waals surface area contributed by atoms with Gasteiger partial charge in [0.25, 0.3) is 5.69 Å². The molecule has 0 saturated carbocycles.